The molecular weight excluding hydrogens is 268 g/mol. The second-order valence-electron chi connectivity index (χ2n) is 5.90. The predicted molar refractivity (Wildman–Crippen MR) is 81.7 cm³/mol. The van der Waals surface area contributed by atoms with Gasteiger partial charge < -0.3 is 19.6 Å². The summed E-state index contributed by atoms with van der Waals surface area (Å²) in [6, 6.07) is 6.22. The SMILES string of the molecule is CCC1COC(C)CN1c1ccc2c(c1)N(C)C(=O)C2O. The first-order valence-electron chi connectivity index (χ1n) is 7.50. The minimum Gasteiger partial charge on any atom is -0.378 e. The van der Waals surface area contributed by atoms with E-state index in [-0.39, 0.29) is 12.0 Å². The van der Waals surface area contributed by atoms with Gasteiger partial charge in [0.1, 0.15) is 0 Å². The van der Waals surface area contributed by atoms with Crippen LogP contribution in [-0.2, 0) is 9.53 Å². The standard InChI is InChI=1S/C16H22N2O3/c1-4-11-9-21-10(2)8-18(11)12-5-6-13-14(7-12)17(3)16(20)15(13)19/h5-7,10-11,15,19H,4,8-9H2,1-3H3. The highest BCUT2D eigenvalue weighted by molar-refractivity contribution is 6.03. The summed E-state index contributed by atoms with van der Waals surface area (Å²) in [5, 5.41) is 9.94. The Morgan fingerprint density at radius 3 is 2.90 bits per heavy atom. The van der Waals surface area contributed by atoms with Crippen LogP contribution in [0.25, 0.3) is 0 Å². The molecule has 3 rings (SSSR count). The number of likely N-dealkylation sites (N-methyl/N-ethyl adjacent to an activating group) is 1. The Morgan fingerprint density at radius 2 is 2.19 bits per heavy atom. The van der Waals surface area contributed by atoms with Crippen molar-refractivity contribution in [2.45, 2.75) is 38.5 Å². The maximum absolute atomic E-state index is 11.9. The number of carbonyl (C=O) groups is 1. The largest absolute Gasteiger partial charge is 0.378 e. The van der Waals surface area contributed by atoms with Crippen LogP contribution in [0.1, 0.15) is 31.9 Å². The van der Waals surface area contributed by atoms with Crippen molar-refractivity contribution in [3.63, 3.8) is 0 Å². The molecule has 1 fully saturated rings. The van der Waals surface area contributed by atoms with Crippen LogP contribution in [0.15, 0.2) is 18.2 Å². The first-order valence-corrected chi connectivity index (χ1v) is 7.50. The minimum absolute atomic E-state index is 0.200. The number of benzene rings is 1. The van der Waals surface area contributed by atoms with Crippen molar-refractivity contribution in [2.75, 3.05) is 30.0 Å². The van der Waals surface area contributed by atoms with Gasteiger partial charge in [-0.3, -0.25) is 4.79 Å². The lowest BCUT2D eigenvalue weighted by molar-refractivity contribution is -0.125. The lowest BCUT2D eigenvalue weighted by atomic mass is 10.1. The monoisotopic (exact) mass is 290 g/mol. The van der Waals surface area contributed by atoms with Crippen molar-refractivity contribution in [3.8, 4) is 0 Å². The van der Waals surface area contributed by atoms with Crippen LogP contribution in [0.5, 0.6) is 0 Å². The van der Waals surface area contributed by atoms with Gasteiger partial charge in [0.25, 0.3) is 5.91 Å². The number of anilines is 2. The van der Waals surface area contributed by atoms with Crippen molar-refractivity contribution in [2.24, 2.45) is 0 Å². The van der Waals surface area contributed by atoms with Crippen molar-refractivity contribution >= 4 is 17.3 Å². The van der Waals surface area contributed by atoms with E-state index in [2.05, 4.69) is 18.7 Å². The molecule has 2 heterocycles. The zero-order chi connectivity index (χ0) is 15.1. The first kappa shape index (κ1) is 14.4. The summed E-state index contributed by atoms with van der Waals surface area (Å²) < 4.78 is 5.73. The van der Waals surface area contributed by atoms with Crippen LogP contribution in [0.3, 0.4) is 0 Å². The van der Waals surface area contributed by atoms with Gasteiger partial charge in [-0.1, -0.05) is 13.0 Å². The molecule has 5 heteroatoms. The Kier molecular flexibility index (Phi) is 3.63. The van der Waals surface area contributed by atoms with Crippen molar-refractivity contribution in [1.82, 2.24) is 0 Å². The Hall–Kier alpha value is -1.59. The highest BCUT2D eigenvalue weighted by Crippen LogP contribution is 2.38. The van der Waals surface area contributed by atoms with Crippen molar-refractivity contribution < 1.29 is 14.6 Å². The van der Waals surface area contributed by atoms with E-state index in [0.717, 1.165) is 30.9 Å². The molecule has 1 N–H and O–H groups in total. The van der Waals surface area contributed by atoms with Gasteiger partial charge in [-0.25, -0.2) is 0 Å². The van der Waals surface area contributed by atoms with E-state index in [1.54, 1.807) is 7.05 Å². The predicted octanol–water partition coefficient (Wildman–Crippen LogP) is 1.70. The van der Waals surface area contributed by atoms with Gasteiger partial charge in [-0.05, 0) is 25.5 Å². The van der Waals surface area contributed by atoms with Crippen LogP contribution in [-0.4, -0.2) is 43.4 Å². The molecule has 21 heavy (non-hydrogen) atoms. The van der Waals surface area contributed by atoms with E-state index in [1.807, 2.05) is 18.2 Å². The van der Waals surface area contributed by atoms with E-state index >= 15 is 0 Å². The van der Waals surface area contributed by atoms with Crippen LogP contribution >= 0.6 is 0 Å². The molecule has 1 amide bonds. The van der Waals surface area contributed by atoms with Gasteiger partial charge in [0.15, 0.2) is 6.10 Å². The summed E-state index contributed by atoms with van der Waals surface area (Å²) >= 11 is 0. The van der Waals surface area contributed by atoms with Gasteiger partial charge in [0.05, 0.1) is 24.4 Å². The summed E-state index contributed by atoms with van der Waals surface area (Å²) in [5.41, 5.74) is 2.59. The first-order chi connectivity index (χ1) is 10.0. The highest BCUT2D eigenvalue weighted by atomic mass is 16.5. The number of rotatable bonds is 2. The number of carbonyl (C=O) groups excluding carboxylic acids is 1. The number of aliphatic hydroxyl groups excluding tert-OH is 1. The number of amides is 1. The van der Waals surface area contributed by atoms with Gasteiger partial charge >= 0.3 is 0 Å². The molecule has 5 nitrogen and oxygen atoms in total. The summed E-state index contributed by atoms with van der Waals surface area (Å²) in [5.74, 6) is -0.260. The van der Waals surface area contributed by atoms with Gasteiger partial charge in [0, 0.05) is 24.8 Å². The lowest BCUT2D eigenvalue weighted by Gasteiger charge is -2.40. The summed E-state index contributed by atoms with van der Waals surface area (Å²) in [7, 11) is 1.71. The van der Waals surface area contributed by atoms with Gasteiger partial charge in [-0.15, -0.1) is 0 Å². The van der Waals surface area contributed by atoms with Crippen LogP contribution in [0.2, 0.25) is 0 Å². The number of hydrogen-bond donors (Lipinski definition) is 1. The second kappa shape index (κ2) is 5.31. The Bertz CT molecular complexity index is 560. The van der Waals surface area contributed by atoms with Crippen LogP contribution < -0.4 is 9.80 Å². The molecule has 3 unspecified atom stereocenters. The fraction of sp³-hybridized carbons (Fsp3) is 0.562. The quantitative estimate of drug-likeness (QED) is 0.901. The zero-order valence-corrected chi connectivity index (χ0v) is 12.7. The maximum Gasteiger partial charge on any atom is 0.260 e. The molecule has 2 aliphatic heterocycles. The van der Waals surface area contributed by atoms with Crippen molar-refractivity contribution in [1.29, 1.82) is 0 Å². The van der Waals surface area contributed by atoms with Crippen LogP contribution in [0.4, 0.5) is 11.4 Å². The van der Waals surface area contributed by atoms with E-state index < -0.39 is 6.10 Å². The molecule has 0 spiro atoms. The minimum atomic E-state index is -1.02. The third-order valence-corrected chi connectivity index (χ3v) is 4.51. The van der Waals surface area contributed by atoms with E-state index in [0.29, 0.717) is 11.6 Å². The molecule has 3 atom stereocenters. The smallest absolute Gasteiger partial charge is 0.260 e. The molecule has 1 saturated heterocycles. The fourth-order valence-electron chi connectivity index (χ4n) is 3.17. The average Bonchev–Trinajstić information content (AvgIpc) is 2.71. The highest BCUT2D eigenvalue weighted by Gasteiger charge is 2.35. The average molecular weight is 290 g/mol. The maximum atomic E-state index is 11.9. The summed E-state index contributed by atoms with van der Waals surface area (Å²) in [6.45, 7) is 5.80. The summed E-state index contributed by atoms with van der Waals surface area (Å²) in [6.07, 6.45) is 0.192. The topological polar surface area (TPSA) is 53.0 Å². The Labute approximate surface area is 125 Å². The molecule has 1 aromatic rings. The second-order valence-corrected chi connectivity index (χ2v) is 5.90. The van der Waals surface area contributed by atoms with Gasteiger partial charge in [-0.2, -0.15) is 0 Å². The van der Waals surface area contributed by atoms with E-state index in [9.17, 15) is 9.90 Å². The van der Waals surface area contributed by atoms with E-state index in [4.69, 9.17) is 4.74 Å². The summed E-state index contributed by atoms with van der Waals surface area (Å²) in [4.78, 5) is 15.7. The molecular formula is C16H22N2O3. The Morgan fingerprint density at radius 1 is 1.43 bits per heavy atom. The zero-order valence-electron chi connectivity index (χ0n) is 12.7. The van der Waals surface area contributed by atoms with Gasteiger partial charge in [0.2, 0.25) is 0 Å². The lowest BCUT2D eigenvalue weighted by Crippen LogP contribution is -2.48. The fourth-order valence-corrected chi connectivity index (χ4v) is 3.17. The Balaban J connectivity index is 1.95. The molecule has 0 aromatic heterocycles. The number of aliphatic hydroxyl groups is 1. The molecule has 114 valence electrons. The van der Waals surface area contributed by atoms with Crippen molar-refractivity contribution in [3.05, 3.63) is 23.8 Å². The third kappa shape index (κ3) is 2.30. The number of hydrogen-bond acceptors (Lipinski definition) is 4. The molecule has 0 radical (unpaired) electrons. The third-order valence-electron chi connectivity index (χ3n) is 4.51. The molecule has 0 bridgehead atoms. The molecule has 1 aromatic carbocycles. The number of fused-ring (bicyclic) bond motifs is 1. The number of morpholine rings is 1. The molecule has 0 saturated carbocycles. The number of ether oxygens (including phenoxy) is 1. The normalized spacial score (nSPS) is 29.0. The van der Waals surface area contributed by atoms with Crippen LogP contribution in [0, 0.1) is 0 Å². The number of nitrogens with zero attached hydrogens (tertiary/aromatic N) is 2. The molecule has 0 aliphatic carbocycles. The van der Waals surface area contributed by atoms with E-state index in [1.165, 1.54) is 4.90 Å². The molecule has 2 aliphatic rings.